The first-order valence-corrected chi connectivity index (χ1v) is 5.33. The van der Waals surface area contributed by atoms with Crippen molar-refractivity contribution < 1.29 is 9.59 Å². The van der Waals surface area contributed by atoms with Gasteiger partial charge in [0, 0.05) is 18.2 Å². The minimum absolute atomic E-state index is 0.127. The number of carbonyl (C=O) groups is 2. The number of imidazole rings is 1. The van der Waals surface area contributed by atoms with E-state index in [1.165, 1.54) is 0 Å². The number of aromatic nitrogens is 2. The molecule has 0 aliphatic heterocycles. The Labute approximate surface area is 97.9 Å². The Hall–Kier alpha value is -2.23. The largest absolute Gasteiger partial charge is 0.328 e. The molecule has 1 aromatic carbocycles. The highest BCUT2D eigenvalue weighted by molar-refractivity contribution is 6.27. The molecule has 0 fully saturated rings. The maximum absolute atomic E-state index is 12.3. The van der Waals surface area contributed by atoms with Crippen LogP contribution in [0.2, 0.25) is 0 Å². The Morgan fingerprint density at radius 1 is 1.06 bits per heavy atom. The van der Waals surface area contributed by atoms with Crippen molar-refractivity contribution >= 4 is 11.6 Å². The first-order valence-electron chi connectivity index (χ1n) is 5.33. The standard InChI is InChI=1S/C13H10N2O2/c1-7-14-10-11(15(7)2)13(17)9-6-4-3-5-8(9)12(10)16/h3-6H,1-2H3. The summed E-state index contributed by atoms with van der Waals surface area (Å²) in [6, 6.07) is 6.87. The number of nitrogens with zero attached hydrogens (tertiary/aromatic N) is 2. The van der Waals surface area contributed by atoms with Crippen LogP contribution in [0.1, 0.15) is 37.9 Å². The summed E-state index contributed by atoms with van der Waals surface area (Å²) in [5.74, 6) is 0.377. The van der Waals surface area contributed by atoms with Crippen molar-refractivity contribution in [1.82, 2.24) is 9.55 Å². The number of ketones is 2. The fraction of sp³-hybridized carbons (Fsp3) is 0.154. The van der Waals surface area contributed by atoms with Crippen LogP contribution in [0.25, 0.3) is 0 Å². The molecular formula is C13H10N2O2. The van der Waals surface area contributed by atoms with E-state index < -0.39 is 0 Å². The molecule has 84 valence electrons. The lowest BCUT2D eigenvalue weighted by atomic mass is 9.90. The van der Waals surface area contributed by atoms with E-state index >= 15 is 0 Å². The van der Waals surface area contributed by atoms with Gasteiger partial charge in [0.25, 0.3) is 0 Å². The van der Waals surface area contributed by atoms with Gasteiger partial charge in [-0.2, -0.15) is 0 Å². The molecule has 0 unspecified atom stereocenters. The first-order chi connectivity index (χ1) is 8.11. The predicted molar refractivity (Wildman–Crippen MR) is 61.3 cm³/mol. The molecule has 4 heteroatoms. The van der Waals surface area contributed by atoms with E-state index in [1.807, 2.05) is 0 Å². The summed E-state index contributed by atoms with van der Waals surface area (Å²) < 4.78 is 1.67. The quantitative estimate of drug-likeness (QED) is 0.583. The zero-order valence-electron chi connectivity index (χ0n) is 9.52. The van der Waals surface area contributed by atoms with Gasteiger partial charge >= 0.3 is 0 Å². The van der Waals surface area contributed by atoms with E-state index in [-0.39, 0.29) is 17.3 Å². The Balaban J connectivity index is 2.37. The van der Waals surface area contributed by atoms with Crippen LogP contribution in [-0.4, -0.2) is 21.1 Å². The highest BCUT2D eigenvalue weighted by atomic mass is 16.1. The number of carbonyl (C=O) groups excluding carboxylic acids is 2. The zero-order valence-corrected chi connectivity index (χ0v) is 9.52. The molecular weight excluding hydrogens is 216 g/mol. The van der Waals surface area contributed by atoms with Crippen molar-refractivity contribution in [3.05, 3.63) is 52.6 Å². The van der Waals surface area contributed by atoms with Crippen LogP contribution in [0.5, 0.6) is 0 Å². The number of aryl methyl sites for hydroxylation is 1. The van der Waals surface area contributed by atoms with Gasteiger partial charge in [0.05, 0.1) is 0 Å². The summed E-state index contributed by atoms with van der Waals surface area (Å²) >= 11 is 0. The van der Waals surface area contributed by atoms with Gasteiger partial charge in [-0.15, -0.1) is 0 Å². The minimum Gasteiger partial charge on any atom is -0.328 e. The molecule has 1 aromatic heterocycles. The van der Waals surface area contributed by atoms with Crippen molar-refractivity contribution in [1.29, 1.82) is 0 Å². The second-order valence-corrected chi connectivity index (χ2v) is 4.12. The minimum atomic E-state index is -0.168. The Bertz CT molecular complexity index is 668. The molecule has 0 saturated heterocycles. The van der Waals surface area contributed by atoms with Gasteiger partial charge < -0.3 is 4.57 Å². The molecule has 0 spiro atoms. The molecule has 4 nitrogen and oxygen atoms in total. The van der Waals surface area contributed by atoms with Gasteiger partial charge in [-0.25, -0.2) is 4.98 Å². The molecule has 2 aromatic rings. The molecule has 1 aliphatic rings. The SMILES string of the molecule is Cc1nc2c(n1C)C(=O)c1ccccc1C2=O. The molecule has 0 saturated carbocycles. The van der Waals surface area contributed by atoms with Crippen LogP contribution in [-0.2, 0) is 7.05 Å². The molecule has 1 heterocycles. The lowest BCUT2D eigenvalue weighted by Crippen LogP contribution is -2.22. The van der Waals surface area contributed by atoms with E-state index in [1.54, 1.807) is 42.8 Å². The maximum Gasteiger partial charge on any atom is 0.214 e. The third-order valence-corrected chi connectivity index (χ3v) is 3.17. The van der Waals surface area contributed by atoms with Gasteiger partial charge in [0.15, 0.2) is 0 Å². The molecule has 0 N–H and O–H groups in total. The first kappa shape index (κ1) is 9.96. The van der Waals surface area contributed by atoms with E-state index in [9.17, 15) is 9.59 Å². The van der Waals surface area contributed by atoms with Gasteiger partial charge in [0.1, 0.15) is 17.2 Å². The zero-order chi connectivity index (χ0) is 12.2. The van der Waals surface area contributed by atoms with E-state index in [0.29, 0.717) is 22.6 Å². The fourth-order valence-electron chi connectivity index (χ4n) is 2.16. The summed E-state index contributed by atoms with van der Waals surface area (Å²) in [7, 11) is 1.75. The highest BCUT2D eigenvalue weighted by Gasteiger charge is 2.33. The molecule has 3 rings (SSSR count). The molecule has 1 aliphatic carbocycles. The molecule has 0 radical (unpaired) electrons. The van der Waals surface area contributed by atoms with Gasteiger partial charge in [-0.3, -0.25) is 9.59 Å². The molecule has 0 amide bonds. The molecule has 0 atom stereocenters. The van der Waals surface area contributed by atoms with Crippen molar-refractivity contribution in [3.63, 3.8) is 0 Å². The lowest BCUT2D eigenvalue weighted by Gasteiger charge is -2.13. The highest BCUT2D eigenvalue weighted by Crippen LogP contribution is 2.26. The van der Waals surface area contributed by atoms with Crippen molar-refractivity contribution in [2.75, 3.05) is 0 Å². The van der Waals surface area contributed by atoms with Crippen LogP contribution in [0.15, 0.2) is 24.3 Å². The van der Waals surface area contributed by atoms with Crippen LogP contribution in [0.3, 0.4) is 0 Å². The van der Waals surface area contributed by atoms with Crippen LogP contribution >= 0.6 is 0 Å². The lowest BCUT2D eigenvalue weighted by molar-refractivity contribution is 0.0971. The Morgan fingerprint density at radius 3 is 2.29 bits per heavy atom. The second-order valence-electron chi connectivity index (χ2n) is 4.12. The number of rotatable bonds is 0. The summed E-state index contributed by atoms with van der Waals surface area (Å²) in [6.45, 7) is 1.78. The normalized spacial score (nSPS) is 13.5. The van der Waals surface area contributed by atoms with E-state index in [2.05, 4.69) is 4.98 Å². The number of benzene rings is 1. The third-order valence-electron chi connectivity index (χ3n) is 3.17. The van der Waals surface area contributed by atoms with Crippen LogP contribution in [0, 0.1) is 6.92 Å². The maximum atomic E-state index is 12.3. The van der Waals surface area contributed by atoms with Crippen LogP contribution in [0.4, 0.5) is 0 Å². The van der Waals surface area contributed by atoms with Gasteiger partial charge in [-0.05, 0) is 6.92 Å². The van der Waals surface area contributed by atoms with E-state index in [4.69, 9.17) is 0 Å². The van der Waals surface area contributed by atoms with Crippen LogP contribution < -0.4 is 0 Å². The summed E-state index contributed by atoms with van der Waals surface area (Å²) in [6.07, 6.45) is 0. The second kappa shape index (κ2) is 3.13. The molecule has 0 bridgehead atoms. The number of fused-ring (bicyclic) bond motifs is 2. The van der Waals surface area contributed by atoms with Gasteiger partial charge in [-0.1, -0.05) is 24.3 Å². The van der Waals surface area contributed by atoms with Gasteiger partial charge in [0.2, 0.25) is 11.6 Å². The van der Waals surface area contributed by atoms with Crippen molar-refractivity contribution in [3.8, 4) is 0 Å². The monoisotopic (exact) mass is 226 g/mol. The Morgan fingerprint density at radius 2 is 1.65 bits per heavy atom. The predicted octanol–water partition coefficient (Wildman–Crippen LogP) is 1.50. The van der Waals surface area contributed by atoms with Crippen molar-refractivity contribution in [2.24, 2.45) is 7.05 Å². The van der Waals surface area contributed by atoms with E-state index in [0.717, 1.165) is 0 Å². The number of hydrogen-bond acceptors (Lipinski definition) is 3. The van der Waals surface area contributed by atoms with Crippen molar-refractivity contribution in [2.45, 2.75) is 6.92 Å². The third kappa shape index (κ3) is 1.15. The summed E-state index contributed by atoms with van der Waals surface area (Å²) in [5.41, 5.74) is 1.58. The molecule has 17 heavy (non-hydrogen) atoms. The average molecular weight is 226 g/mol. The smallest absolute Gasteiger partial charge is 0.214 e. The fourth-order valence-corrected chi connectivity index (χ4v) is 2.16. The Kier molecular flexibility index (Phi) is 1.84. The summed E-state index contributed by atoms with van der Waals surface area (Å²) in [4.78, 5) is 28.6. The average Bonchev–Trinajstić information content (AvgIpc) is 2.64. The topological polar surface area (TPSA) is 52.0 Å². The number of hydrogen-bond donors (Lipinski definition) is 0. The summed E-state index contributed by atoms with van der Waals surface area (Å²) in [5, 5.41) is 0.